The monoisotopic (exact) mass is 587 g/mol. The molecule has 0 bridgehead atoms. The third-order valence-corrected chi connectivity index (χ3v) is 8.58. The van der Waals surface area contributed by atoms with Crippen molar-refractivity contribution in [1.82, 2.24) is 9.80 Å². The van der Waals surface area contributed by atoms with Gasteiger partial charge in [-0.3, -0.25) is 14.4 Å². The molecule has 1 aliphatic carbocycles. The first-order valence-electron chi connectivity index (χ1n) is 14.4. The van der Waals surface area contributed by atoms with Gasteiger partial charge in [0.25, 0.3) is 11.8 Å². The molecular formula is C33H37N3O5S. The highest BCUT2D eigenvalue weighted by Gasteiger charge is 2.28. The molecule has 9 heteroatoms. The van der Waals surface area contributed by atoms with Crippen LogP contribution in [0.5, 0.6) is 0 Å². The maximum atomic E-state index is 13.1. The Labute approximate surface area is 250 Å². The number of piperazine rings is 1. The van der Waals surface area contributed by atoms with Gasteiger partial charge >= 0.3 is 6.09 Å². The fraction of sp³-hybridized carbons (Fsp3) is 0.394. The van der Waals surface area contributed by atoms with Crippen molar-refractivity contribution in [2.75, 3.05) is 31.5 Å². The standard InChI is InChI=1S/C33H37N3O5S/c1-21-5-8-25(27(37)19-22-6-7-22)20-26(21)34-30(38)29-14-13-28(42-29)23-9-11-24(12-10-23)31(39)35-15-17-36(18-16-35)32(40)41-33(2,3)4/h5,8-14,20,22H,6-7,15-19H2,1-4H3,(H,34,38). The number of carbonyl (C=O) groups excluding carboxylic acids is 4. The van der Waals surface area contributed by atoms with Gasteiger partial charge in [0, 0.05) is 54.3 Å². The summed E-state index contributed by atoms with van der Waals surface area (Å²) in [5.41, 5.74) is 3.11. The number of nitrogens with zero attached hydrogens (tertiary/aromatic N) is 2. The van der Waals surface area contributed by atoms with Gasteiger partial charge in [0.2, 0.25) is 0 Å². The Bertz CT molecular complexity index is 1490. The average molecular weight is 588 g/mol. The molecular weight excluding hydrogens is 550 g/mol. The van der Waals surface area contributed by atoms with Gasteiger partial charge in [-0.2, -0.15) is 0 Å². The first-order chi connectivity index (χ1) is 20.0. The van der Waals surface area contributed by atoms with E-state index in [0.717, 1.165) is 28.8 Å². The minimum absolute atomic E-state index is 0.0788. The van der Waals surface area contributed by atoms with Crippen molar-refractivity contribution in [3.05, 3.63) is 76.2 Å². The van der Waals surface area contributed by atoms with Gasteiger partial charge in [0.15, 0.2) is 5.78 Å². The summed E-state index contributed by atoms with van der Waals surface area (Å²) in [4.78, 5) is 55.9. The van der Waals surface area contributed by atoms with Crippen molar-refractivity contribution in [3.8, 4) is 10.4 Å². The molecule has 0 spiro atoms. The van der Waals surface area contributed by atoms with Crippen molar-refractivity contribution in [1.29, 1.82) is 0 Å². The number of benzene rings is 2. The lowest BCUT2D eigenvalue weighted by Gasteiger charge is -2.35. The molecule has 1 aromatic heterocycles. The SMILES string of the molecule is Cc1ccc(C(=O)CC2CC2)cc1NC(=O)c1ccc(-c2ccc(C(=O)N3CCN(C(=O)OC(C)(C)C)CC3)cc2)s1. The highest BCUT2D eigenvalue weighted by molar-refractivity contribution is 7.17. The molecule has 3 aromatic rings. The average Bonchev–Trinajstić information content (AvgIpc) is 3.63. The number of hydrogen-bond acceptors (Lipinski definition) is 6. The highest BCUT2D eigenvalue weighted by atomic mass is 32.1. The number of hydrogen-bond donors (Lipinski definition) is 1. The molecule has 1 N–H and O–H groups in total. The van der Waals surface area contributed by atoms with E-state index >= 15 is 0 Å². The van der Waals surface area contributed by atoms with E-state index in [0.29, 0.717) is 60.2 Å². The van der Waals surface area contributed by atoms with E-state index in [4.69, 9.17) is 4.74 Å². The molecule has 2 fully saturated rings. The smallest absolute Gasteiger partial charge is 0.410 e. The highest BCUT2D eigenvalue weighted by Crippen LogP contribution is 2.34. The zero-order chi connectivity index (χ0) is 30.0. The number of aryl methyl sites for hydroxylation is 1. The fourth-order valence-corrected chi connectivity index (χ4v) is 5.72. The molecule has 5 rings (SSSR count). The Kier molecular flexibility index (Phi) is 8.50. The van der Waals surface area contributed by atoms with E-state index < -0.39 is 5.60 Å². The number of ether oxygens (including phenoxy) is 1. The van der Waals surface area contributed by atoms with Crippen LogP contribution in [-0.2, 0) is 4.74 Å². The Morgan fingerprint density at radius 3 is 2.17 bits per heavy atom. The van der Waals surface area contributed by atoms with Gasteiger partial charge in [-0.1, -0.05) is 24.3 Å². The first-order valence-corrected chi connectivity index (χ1v) is 15.2. The van der Waals surface area contributed by atoms with Crippen LogP contribution >= 0.6 is 11.3 Å². The lowest BCUT2D eigenvalue weighted by Crippen LogP contribution is -2.51. The van der Waals surface area contributed by atoms with Crippen LogP contribution in [0.1, 0.15) is 76.0 Å². The molecule has 0 atom stereocenters. The van der Waals surface area contributed by atoms with Gasteiger partial charge in [-0.15, -0.1) is 11.3 Å². The summed E-state index contributed by atoms with van der Waals surface area (Å²) in [6.07, 6.45) is 2.45. The molecule has 0 radical (unpaired) electrons. The van der Waals surface area contributed by atoms with Gasteiger partial charge in [0.05, 0.1) is 4.88 Å². The summed E-state index contributed by atoms with van der Waals surface area (Å²) >= 11 is 1.37. The van der Waals surface area contributed by atoms with Gasteiger partial charge in [-0.05, 0) is 87.9 Å². The number of anilines is 1. The number of carbonyl (C=O) groups is 4. The van der Waals surface area contributed by atoms with Crippen LogP contribution in [0.3, 0.4) is 0 Å². The van der Waals surface area contributed by atoms with Crippen LogP contribution in [-0.4, -0.2) is 65.3 Å². The molecule has 2 aliphatic rings. The molecule has 1 aliphatic heterocycles. The minimum Gasteiger partial charge on any atom is -0.444 e. The Hall–Kier alpha value is -3.98. The van der Waals surface area contributed by atoms with Crippen LogP contribution in [0.2, 0.25) is 0 Å². The van der Waals surface area contributed by atoms with E-state index in [1.807, 2.05) is 58.0 Å². The predicted octanol–water partition coefficient (Wildman–Crippen LogP) is 6.65. The second-order valence-electron chi connectivity index (χ2n) is 12.1. The van der Waals surface area contributed by atoms with Gasteiger partial charge < -0.3 is 19.9 Å². The maximum Gasteiger partial charge on any atom is 0.410 e. The van der Waals surface area contributed by atoms with Crippen LogP contribution in [0, 0.1) is 12.8 Å². The minimum atomic E-state index is -0.555. The summed E-state index contributed by atoms with van der Waals surface area (Å²) in [5, 5.41) is 2.97. The van der Waals surface area contributed by atoms with E-state index in [2.05, 4.69) is 5.32 Å². The Morgan fingerprint density at radius 2 is 1.52 bits per heavy atom. The molecule has 1 saturated heterocycles. The summed E-state index contributed by atoms with van der Waals surface area (Å²) in [6, 6.07) is 16.5. The second kappa shape index (κ2) is 12.1. The topological polar surface area (TPSA) is 96.0 Å². The van der Waals surface area contributed by atoms with E-state index in [-0.39, 0.29) is 23.7 Å². The zero-order valence-electron chi connectivity index (χ0n) is 24.6. The summed E-state index contributed by atoms with van der Waals surface area (Å²) in [7, 11) is 0. The fourth-order valence-electron chi connectivity index (χ4n) is 4.81. The zero-order valence-corrected chi connectivity index (χ0v) is 25.4. The normalized spacial score (nSPS) is 15.3. The Balaban J connectivity index is 1.18. The third-order valence-electron chi connectivity index (χ3n) is 7.44. The van der Waals surface area contributed by atoms with Gasteiger partial charge in [0.1, 0.15) is 5.60 Å². The number of nitrogens with one attached hydrogen (secondary N) is 1. The molecule has 2 aromatic carbocycles. The maximum absolute atomic E-state index is 13.1. The quantitative estimate of drug-likeness (QED) is 0.312. The van der Waals surface area contributed by atoms with Gasteiger partial charge in [-0.25, -0.2) is 4.79 Å². The number of amides is 3. The Morgan fingerprint density at radius 1 is 0.881 bits per heavy atom. The molecule has 1 saturated carbocycles. The number of thiophene rings is 1. The van der Waals surface area contributed by atoms with Crippen molar-refractivity contribution >= 4 is 40.7 Å². The van der Waals surface area contributed by atoms with Crippen LogP contribution in [0.25, 0.3) is 10.4 Å². The van der Waals surface area contributed by atoms with Crippen LogP contribution < -0.4 is 5.32 Å². The molecule has 42 heavy (non-hydrogen) atoms. The van der Waals surface area contributed by atoms with Crippen molar-refractivity contribution in [2.45, 2.75) is 52.6 Å². The number of rotatable bonds is 7. The van der Waals surface area contributed by atoms with E-state index in [1.165, 1.54) is 11.3 Å². The molecule has 0 unspecified atom stereocenters. The number of Topliss-reactive ketones (excluding diaryl/α,β-unsaturated/α-hetero) is 1. The van der Waals surface area contributed by atoms with Crippen molar-refractivity contribution < 1.29 is 23.9 Å². The second-order valence-corrected chi connectivity index (χ2v) is 13.1. The predicted molar refractivity (Wildman–Crippen MR) is 164 cm³/mol. The first kappa shape index (κ1) is 29.5. The third kappa shape index (κ3) is 7.26. The molecule has 8 nitrogen and oxygen atoms in total. The largest absolute Gasteiger partial charge is 0.444 e. The summed E-state index contributed by atoms with van der Waals surface area (Å²) in [5.74, 6) is 0.329. The molecule has 3 amide bonds. The number of ketones is 1. The summed E-state index contributed by atoms with van der Waals surface area (Å²) < 4.78 is 5.44. The van der Waals surface area contributed by atoms with Crippen molar-refractivity contribution in [3.63, 3.8) is 0 Å². The van der Waals surface area contributed by atoms with E-state index in [1.54, 1.807) is 34.1 Å². The summed E-state index contributed by atoms with van der Waals surface area (Å²) in [6.45, 7) is 9.16. The lowest BCUT2D eigenvalue weighted by molar-refractivity contribution is 0.0141. The molecule has 220 valence electrons. The van der Waals surface area contributed by atoms with Crippen LogP contribution in [0.4, 0.5) is 10.5 Å². The van der Waals surface area contributed by atoms with Crippen molar-refractivity contribution in [2.24, 2.45) is 5.92 Å². The lowest BCUT2D eigenvalue weighted by atomic mass is 10.0. The molecule has 2 heterocycles. The van der Waals surface area contributed by atoms with E-state index in [9.17, 15) is 19.2 Å². The van der Waals surface area contributed by atoms with Crippen LogP contribution in [0.15, 0.2) is 54.6 Å².